The van der Waals surface area contributed by atoms with Crippen molar-refractivity contribution in [2.24, 2.45) is 0 Å². The lowest BCUT2D eigenvalue weighted by molar-refractivity contribution is 0.0979. The third-order valence-corrected chi connectivity index (χ3v) is 5.85. The van der Waals surface area contributed by atoms with E-state index in [9.17, 15) is 19.1 Å². The molecule has 0 fully saturated rings. The molecule has 1 aliphatic heterocycles. The highest BCUT2D eigenvalue weighted by atomic mass is 19.1. The second-order valence-corrected chi connectivity index (χ2v) is 7.97. The van der Waals surface area contributed by atoms with Crippen molar-refractivity contribution in [1.29, 1.82) is 0 Å². The minimum atomic E-state index is -1.06. The molecule has 170 valence electrons. The number of fused-ring (bicyclic) bond motifs is 1. The van der Waals surface area contributed by atoms with Crippen LogP contribution in [0.15, 0.2) is 54.7 Å². The molecule has 0 spiro atoms. The van der Waals surface area contributed by atoms with Crippen LogP contribution >= 0.6 is 0 Å². The van der Waals surface area contributed by atoms with E-state index in [4.69, 9.17) is 4.74 Å². The number of aromatic nitrogens is 1. The van der Waals surface area contributed by atoms with Crippen LogP contribution in [-0.4, -0.2) is 34.7 Å². The third-order valence-electron chi connectivity index (χ3n) is 5.85. The zero-order valence-electron chi connectivity index (χ0n) is 18.6. The minimum absolute atomic E-state index is 0.0909. The molecule has 8 heteroatoms. The Bertz CT molecular complexity index is 1210. The molecular weight excluding hydrogens is 425 g/mol. The van der Waals surface area contributed by atoms with Crippen LogP contribution in [0.3, 0.4) is 0 Å². The van der Waals surface area contributed by atoms with E-state index < -0.39 is 18.0 Å². The van der Waals surface area contributed by atoms with E-state index in [2.05, 4.69) is 4.98 Å². The van der Waals surface area contributed by atoms with Gasteiger partial charge in [0.25, 0.3) is 5.91 Å². The van der Waals surface area contributed by atoms with Crippen molar-refractivity contribution in [3.05, 3.63) is 77.2 Å². The van der Waals surface area contributed by atoms with Crippen molar-refractivity contribution >= 4 is 23.4 Å². The number of carbonyl (C=O) groups excluding carboxylic acids is 1. The summed E-state index contributed by atoms with van der Waals surface area (Å²) in [5, 5.41) is 9.88. The Kier molecular flexibility index (Phi) is 6.00. The van der Waals surface area contributed by atoms with Crippen LogP contribution in [0.4, 0.5) is 20.6 Å². The fourth-order valence-electron chi connectivity index (χ4n) is 3.94. The summed E-state index contributed by atoms with van der Waals surface area (Å²) in [4.78, 5) is 33.0. The van der Waals surface area contributed by atoms with E-state index in [-0.39, 0.29) is 23.9 Å². The Morgan fingerprint density at radius 1 is 1.12 bits per heavy atom. The van der Waals surface area contributed by atoms with Crippen LogP contribution in [0.2, 0.25) is 0 Å². The summed E-state index contributed by atoms with van der Waals surface area (Å²) in [6.45, 7) is 5.92. The number of carbonyl (C=O) groups is 2. The number of hydrogen-bond donors (Lipinski definition) is 1. The van der Waals surface area contributed by atoms with Crippen LogP contribution in [-0.2, 0) is 0 Å². The van der Waals surface area contributed by atoms with E-state index in [1.807, 2.05) is 26.8 Å². The van der Waals surface area contributed by atoms with Gasteiger partial charge in [-0.25, -0.2) is 14.2 Å². The van der Waals surface area contributed by atoms with Crippen LogP contribution < -0.4 is 14.5 Å². The second-order valence-electron chi connectivity index (χ2n) is 7.97. The standard InChI is InChI=1S/C25H24FN3O4/c1-4-18-14-28(21-12-15(2)16(3)13-22(21)29(18)25(31)32)24(30)20-6-5-11-27-23(20)33-19-9-7-17(26)8-10-19/h5-13,18H,4,14H2,1-3H3,(H,31,32). The Morgan fingerprint density at radius 3 is 2.42 bits per heavy atom. The SMILES string of the molecule is CCC1CN(C(=O)c2cccnc2Oc2ccc(F)cc2)c2cc(C)c(C)cc2N1C(=O)O. The molecule has 0 aliphatic carbocycles. The zero-order chi connectivity index (χ0) is 23.7. The van der Waals surface area contributed by atoms with Gasteiger partial charge in [0, 0.05) is 12.7 Å². The lowest BCUT2D eigenvalue weighted by Gasteiger charge is -2.41. The number of hydrogen-bond acceptors (Lipinski definition) is 4. The number of aryl methyl sites for hydroxylation is 2. The zero-order valence-corrected chi connectivity index (χ0v) is 18.6. The molecule has 7 nitrogen and oxygen atoms in total. The Labute approximate surface area is 191 Å². The van der Waals surface area contributed by atoms with Gasteiger partial charge in [-0.2, -0.15) is 0 Å². The lowest BCUT2D eigenvalue weighted by atomic mass is 10.00. The van der Waals surface area contributed by atoms with Gasteiger partial charge in [-0.15, -0.1) is 0 Å². The summed E-state index contributed by atoms with van der Waals surface area (Å²) >= 11 is 0. The smallest absolute Gasteiger partial charge is 0.412 e. The van der Waals surface area contributed by atoms with Gasteiger partial charge in [0.15, 0.2) is 0 Å². The molecule has 33 heavy (non-hydrogen) atoms. The van der Waals surface area contributed by atoms with E-state index >= 15 is 0 Å². The quantitative estimate of drug-likeness (QED) is 0.564. The van der Waals surface area contributed by atoms with Gasteiger partial charge in [0.05, 0.1) is 17.4 Å². The van der Waals surface area contributed by atoms with Gasteiger partial charge in [-0.3, -0.25) is 9.69 Å². The summed E-state index contributed by atoms with van der Waals surface area (Å²) in [6.07, 6.45) is 0.989. The first kappa shape index (κ1) is 22.3. The first-order valence-electron chi connectivity index (χ1n) is 10.6. The van der Waals surface area contributed by atoms with Crippen LogP contribution in [0.5, 0.6) is 11.6 Å². The first-order valence-corrected chi connectivity index (χ1v) is 10.6. The largest absolute Gasteiger partial charge is 0.465 e. The average molecular weight is 449 g/mol. The van der Waals surface area contributed by atoms with Gasteiger partial charge in [0.1, 0.15) is 17.1 Å². The number of halogens is 1. The highest BCUT2D eigenvalue weighted by molar-refractivity contribution is 6.11. The highest BCUT2D eigenvalue weighted by Crippen LogP contribution is 2.40. The molecule has 2 amide bonds. The van der Waals surface area contributed by atoms with Gasteiger partial charge in [-0.1, -0.05) is 6.92 Å². The molecule has 2 aromatic carbocycles. The van der Waals surface area contributed by atoms with Crippen molar-refractivity contribution in [3.63, 3.8) is 0 Å². The predicted octanol–water partition coefficient (Wildman–Crippen LogP) is 5.55. The number of benzene rings is 2. The maximum Gasteiger partial charge on any atom is 0.412 e. The number of amides is 2. The number of carboxylic acid groups (broad SMARTS) is 1. The molecule has 3 aromatic rings. The summed E-state index contributed by atoms with van der Waals surface area (Å²) in [5.41, 5.74) is 3.10. The molecular formula is C25H24FN3O4. The lowest BCUT2D eigenvalue weighted by Crippen LogP contribution is -2.52. The summed E-state index contributed by atoms with van der Waals surface area (Å²) in [5.74, 6) is -0.316. The average Bonchev–Trinajstić information content (AvgIpc) is 2.80. The maximum atomic E-state index is 13.7. The van der Waals surface area contributed by atoms with Crippen molar-refractivity contribution in [1.82, 2.24) is 4.98 Å². The summed E-state index contributed by atoms with van der Waals surface area (Å²) in [6, 6.07) is 11.9. The number of ether oxygens (including phenoxy) is 1. The van der Waals surface area contributed by atoms with Crippen molar-refractivity contribution < 1.29 is 23.8 Å². The van der Waals surface area contributed by atoms with Gasteiger partial charge < -0.3 is 14.7 Å². The molecule has 1 aromatic heterocycles. The summed E-state index contributed by atoms with van der Waals surface area (Å²) in [7, 11) is 0. The van der Waals surface area contributed by atoms with E-state index in [1.54, 1.807) is 23.1 Å². The van der Waals surface area contributed by atoms with Crippen LogP contribution in [0.25, 0.3) is 0 Å². The predicted molar refractivity (Wildman–Crippen MR) is 123 cm³/mol. The monoisotopic (exact) mass is 449 g/mol. The molecule has 4 rings (SSSR count). The van der Waals surface area contributed by atoms with Gasteiger partial charge in [-0.05, 0) is 79.9 Å². The molecule has 1 atom stereocenters. The molecule has 1 aliphatic rings. The normalized spacial score (nSPS) is 15.2. The van der Waals surface area contributed by atoms with Crippen molar-refractivity contribution in [3.8, 4) is 11.6 Å². The van der Waals surface area contributed by atoms with E-state index in [1.165, 1.54) is 35.4 Å². The van der Waals surface area contributed by atoms with E-state index in [0.717, 1.165) is 11.1 Å². The molecule has 0 saturated carbocycles. The van der Waals surface area contributed by atoms with Crippen LogP contribution in [0.1, 0.15) is 34.8 Å². The molecule has 0 radical (unpaired) electrons. The molecule has 0 saturated heterocycles. The Balaban J connectivity index is 1.77. The number of anilines is 2. The maximum absolute atomic E-state index is 13.7. The fraction of sp³-hybridized carbons (Fsp3) is 0.240. The molecule has 1 N–H and O–H groups in total. The third kappa shape index (κ3) is 4.24. The second kappa shape index (κ2) is 8.90. The fourth-order valence-corrected chi connectivity index (χ4v) is 3.94. The number of rotatable bonds is 4. The topological polar surface area (TPSA) is 83.0 Å². The number of nitrogens with zero attached hydrogens (tertiary/aromatic N) is 3. The van der Waals surface area contributed by atoms with E-state index in [0.29, 0.717) is 23.5 Å². The first-order chi connectivity index (χ1) is 15.8. The molecule has 1 unspecified atom stereocenters. The molecule has 0 bridgehead atoms. The van der Waals surface area contributed by atoms with Gasteiger partial charge in [0.2, 0.25) is 5.88 Å². The van der Waals surface area contributed by atoms with Gasteiger partial charge >= 0.3 is 6.09 Å². The van der Waals surface area contributed by atoms with Crippen molar-refractivity contribution in [2.75, 3.05) is 16.3 Å². The van der Waals surface area contributed by atoms with Crippen LogP contribution in [0, 0.1) is 19.7 Å². The Hall–Kier alpha value is -3.94. The highest BCUT2D eigenvalue weighted by Gasteiger charge is 2.37. The minimum Gasteiger partial charge on any atom is -0.465 e. The van der Waals surface area contributed by atoms with Crippen molar-refractivity contribution in [2.45, 2.75) is 33.2 Å². The Morgan fingerprint density at radius 2 is 1.79 bits per heavy atom. The summed E-state index contributed by atoms with van der Waals surface area (Å²) < 4.78 is 19.0. The molecule has 2 heterocycles. The number of pyridine rings is 1.